The molecule has 4 rings (SSSR count). The van der Waals surface area contributed by atoms with Crippen LogP contribution in [-0.4, -0.2) is 59.1 Å². The zero-order valence-electron chi connectivity index (χ0n) is 21.5. The van der Waals surface area contributed by atoms with E-state index in [9.17, 15) is 19.5 Å². The number of esters is 2. The molecule has 1 saturated heterocycles. The predicted octanol–water partition coefficient (Wildman–Crippen LogP) is 2.77. The van der Waals surface area contributed by atoms with Gasteiger partial charge in [0.05, 0.1) is 18.2 Å². The molecule has 0 unspecified atom stereocenters. The van der Waals surface area contributed by atoms with E-state index in [2.05, 4.69) is 4.98 Å². The van der Waals surface area contributed by atoms with Crippen molar-refractivity contribution in [2.75, 3.05) is 20.3 Å². The Balaban J connectivity index is 1.56. The smallest absolute Gasteiger partial charge is 0.352 e. The lowest BCUT2D eigenvalue weighted by molar-refractivity contribution is -0.0583. The molecule has 1 aliphatic rings. The molecule has 200 valence electrons. The van der Waals surface area contributed by atoms with Crippen LogP contribution in [0.5, 0.6) is 5.88 Å². The first-order valence-electron chi connectivity index (χ1n) is 12.2. The van der Waals surface area contributed by atoms with Crippen molar-refractivity contribution in [3.63, 3.8) is 0 Å². The molecular weight excluding hydrogens is 492 g/mol. The van der Waals surface area contributed by atoms with Gasteiger partial charge in [0.1, 0.15) is 25.0 Å². The molecule has 0 bridgehead atoms. The van der Waals surface area contributed by atoms with Gasteiger partial charge in [0.25, 0.3) is 0 Å². The van der Waals surface area contributed by atoms with Gasteiger partial charge in [-0.1, -0.05) is 35.4 Å². The third-order valence-electron chi connectivity index (χ3n) is 6.26. The number of benzene rings is 2. The molecule has 0 spiro atoms. The second-order valence-corrected chi connectivity index (χ2v) is 9.08. The number of nitrogens with zero attached hydrogens (tertiary/aromatic N) is 2. The molecule has 10 nitrogen and oxygen atoms in total. The van der Waals surface area contributed by atoms with Gasteiger partial charge in [-0.2, -0.15) is 4.98 Å². The number of methoxy groups -OCH3 is 1. The van der Waals surface area contributed by atoms with Crippen molar-refractivity contribution in [2.24, 2.45) is 0 Å². The minimum absolute atomic E-state index is 0.115. The summed E-state index contributed by atoms with van der Waals surface area (Å²) >= 11 is 0. The van der Waals surface area contributed by atoms with Crippen molar-refractivity contribution >= 4 is 11.9 Å². The van der Waals surface area contributed by atoms with Crippen LogP contribution >= 0.6 is 0 Å². The Morgan fingerprint density at radius 2 is 1.63 bits per heavy atom. The Kier molecular flexibility index (Phi) is 8.55. The summed E-state index contributed by atoms with van der Waals surface area (Å²) in [6.07, 6.45) is -0.649. The monoisotopic (exact) mass is 522 g/mol. The predicted molar refractivity (Wildman–Crippen MR) is 136 cm³/mol. The molecule has 2 heterocycles. The van der Waals surface area contributed by atoms with Gasteiger partial charge < -0.3 is 24.1 Å². The lowest BCUT2D eigenvalue weighted by atomic mass is 10.1. The summed E-state index contributed by atoms with van der Waals surface area (Å²) in [7, 11) is 1.39. The van der Waals surface area contributed by atoms with Crippen molar-refractivity contribution in [3.8, 4) is 5.88 Å². The van der Waals surface area contributed by atoms with Crippen LogP contribution in [0.4, 0.5) is 0 Å². The minimum atomic E-state index is -0.850. The van der Waals surface area contributed by atoms with E-state index in [4.69, 9.17) is 18.9 Å². The summed E-state index contributed by atoms with van der Waals surface area (Å²) in [6, 6.07) is 13.9. The second kappa shape index (κ2) is 12.0. The summed E-state index contributed by atoms with van der Waals surface area (Å²) in [4.78, 5) is 42.2. The quantitative estimate of drug-likeness (QED) is 0.422. The molecule has 2 aromatic carbocycles. The molecule has 0 radical (unpaired) electrons. The number of rotatable bonds is 9. The highest BCUT2D eigenvalue weighted by Crippen LogP contribution is 2.32. The summed E-state index contributed by atoms with van der Waals surface area (Å²) in [5, 5.41) is 9.40. The summed E-state index contributed by atoms with van der Waals surface area (Å²) in [5.41, 5.74) is 2.63. The van der Waals surface area contributed by atoms with Crippen LogP contribution in [0, 0.1) is 13.8 Å². The van der Waals surface area contributed by atoms with Gasteiger partial charge in [-0.05, 0) is 38.1 Å². The van der Waals surface area contributed by atoms with Crippen molar-refractivity contribution < 1.29 is 33.6 Å². The molecule has 0 aliphatic carbocycles. The van der Waals surface area contributed by atoms with Crippen molar-refractivity contribution in [1.82, 2.24) is 9.55 Å². The normalized spacial score (nSPS) is 18.7. The fraction of sp³-hybridized carbons (Fsp3) is 0.357. The van der Waals surface area contributed by atoms with E-state index < -0.39 is 36.1 Å². The van der Waals surface area contributed by atoms with E-state index in [-0.39, 0.29) is 31.9 Å². The number of aromatic nitrogens is 2. The molecule has 3 atom stereocenters. The zero-order chi connectivity index (χ0) is 27.2. The highest BCUT2D eigenvalue weighted by atomic mass is 16.6. The summed E-state index contributed by atoms with van der Waals surface area (Å²) in [6.45, 7) is 3.46. The van der Waals surface area contributed by atoms with E-state index in [1.807, 2.05) is 13.8 Å². The summed E-state index contributed by atoms with van der Waals surface area (Å²) < 4.78 is 23.7. The zero-order valence-corrected chi connectivity index (χ0v) is 21.5. The van der Waals surface area contributed by atoms with E-state index >= 15 is 0 Å². The highest BCUT2D eigenvalue weighted by Gasteiger charge is 2.40. The SMILES string of the molecule is COc1nc(=O)n([C@@H]2C[C@H](OC(=O)c3ccc(C)cc3)[C@@H](COC(=O)c3ccc(C)cc3)O2)cc1CCO. The molecule has 1 aliphatic heterocycles. The largest absolute Gasteiger partial charge is 0.481 e. The van der Waals surface area contributed by atoms with Gasteiger partial charge in [-0.3, -0.25) is 4.57 Å². The Bertz CT molecular complexity index is 1330. The fourth-order valence-corrected chi connectivity index (χ4v) is 4.14. The molecule has 1 fully saturated rings. The number of aliphatic hydroxyl groups is 1. The third-order valence-corrected chi connectivity index (χ3v) is 6.26. The standard InChI is InChI=1S/C28H30N2O8/c1-17-4-8-19(9-5-17)26(32)36-16-23-22(38-27(33)20-10-6-18(2)7-11-20)14-24(37-23)30-15-21(12-13-31)25(35-3)29-28(30)34/h4-11,15,22-24,31H,12-14,16H2,1-3H3/t22-,23+,24-/m0/s1. The Hall–Kier alpha value is -4.02. The van der Waals surface area contributed by atoms with Crippen LogP contribution in [0.2, 0.25) is 0 Å². The van der Waals surface area contributed by atoms with Crippen LogP contribution in [0.15, 0.2) is 59.5 Å². The van der Waals surface area contributed by atoms with Crippen molar-refractivity contribution in [2.45, 2.75) is 45.1 Å². The second-order valence-electron chi connectivity index (χ2n) is 9.08. The maximum absolute atomic E-state index is 12.9. The Morgan fingerprint density at radius 3 is 2.21 bits per heavy atom. The topological polar surface area (TPSA) is 126 Å². The number of aliphatic hydroxyl groups excluding tert-OH is 1. The van der Waals surface area contributed by atoms with E-state index in [0.717, 1.165) is 11.1 Å². The molecule has 1 N–H and O–H groups in total. The fourth-order valence-electron chi connectivity index (χ4n) is 4.14. The number of aryl methyl sites for hydroxylation is 2. The molecule has 10 heteroatoms. The van der Waals surface area contributed by atoms with Crippen molar-refractivity contribution in [1.29, 1.82) is 0 Å². The highest BCUT2D eigenvalue weighted by molar-refractivity contribution is 5.90. The van der Waals surface area contributed by atoms with E-state index in [0.29, 0.717) is 16.7 Å². The minimum Gasteiger partial charge on any atom is -0.481 e. The van der Waals surface area contributed by atoms with Gasteiger partial charge in [0, 0.05) is 31.2 Å². The molecular formula is C28H30N2O8. The van der Waals surface area contributed by atoms with Gasteiger partial charge in [-0.15, -0.1) is 0 Å². The maximum atomic E-state index is 12.9. The van der Waals surface area contributed by atoms with Crippen LogP contribution in [0.25, 0.3) is 0 Å². The number of ether oxygens (including phenoxy) is 4. The number of carbonyl (C=O) groups is 2. The van der Waals surface area contributed by atoms with Crippen LogP contribution in [-0.2, 0) is 20.6 Å². The van der Waals surface area contributed by atoms with Crippen molar-refractivity contribution in [3.05, 3.63) is 93.0 Å². The lowest BCUT2D eigenvalue weighted by Gasteiger charge is -2.19. The van der Waals surface area contributed by atoms with Crippen LogP contribution in [0.1, 0.15) is 50.1 Å². The van der Waals surface area contributed by atoms with Gasteiger partial charge in [0.2, 0.25) is 5.88 Å². The molecule has 0 amide bonds. The molecule has 0 saturated carbocycles. The molecule has 3 aromatic rings. The van der Waals surface area contributed by atoms with Gasteiger partial charge in [0.15, 0.2) is 0 Å². The first kappa shape index (κ1) is 27.0. The molecule has 1 aromatic heterocycles. The Morgan fingerprint density at radius 1 is 1.03 bits per heavy atom. The number of hydrogen-bond acceptors (Lipinski definition) is 9. The van der Waals surface area contributed by atoms with Gasteiger partial charge in [-0.25, -0.2) is 14.4 Å². The van der Waals surface area contributed by atoms with E-state index in [1.54, 1.807) is 48.5 Å². The van der Waals surface area contributed by atoms with E-state index in [1.165, 1.54) is 17.9 Å². The summed E-state index contributed by atoms with van der Waals surface area (Å²) in [5.74, 6) is -0.992. The lowest BCUT2D eigenvalue weighted by Crippen LogP contribution is -2.32. The number of carbonyl (C=O) groups excluding carboxylic acids is 2. The number of hydrogen-bond donors (Lipinski definition) is 1. The first-order chi connectivity index (χ1) is 18.3. The third kappa shape index (κ3) is 6.27. The maximum Gasteiger partial charge on any atom is 0.352 e. The van der Waals surface area contributed by atoms with Crippen LogP contribution < -0.4 is 10.4 Å². The first-order valence-corrected chi connectivity index (χ1v) is 12.2. The average Bonchev–Trinajstić information content (AvgIpc) is 3.30. The van der Waals surface area contributed by atoms with Gasteiger partial charge >= 0.3 is 17.6 Å². The molecule has 38 heavy (non-hydrogen) atoms. The van der Waals surface area contributed by atoms with Crippen LogP contribution in [0.3, 0.4) is 0 Å². The Labute approximate surface area is 219 Å². The average molecular weight is 523 g/mol.